The van der Waals surface area contributed by atoms with Crippen LogP contribution in [0.1, 0.15) is 36.6 Å². The molecule has 0 fully saturated rings. The first-order valence-electron chi connectivity index (χ1n) is 6.36. The van der Waals surface area contributed by atoms with Gasteiger partial charge in [-0.15, -0.1) is 0 Å². The first-order chi connectivity index (χ1) is 10.5. The Bertz CT molecular complexity index is 750. The second kappa shape index (κ2) is 10.6. The summed E-state index contributed by atoms with van der Waals surface area (Å²) >= 11 is 0. The number of carbonyl (C=O) groups excluding carboxylic acids is 1. The van der Waals surface area contributed by atoms with Crippen LogP contribution in [0.4, 0.5) is 0 Å². The van der Waals surface area contributed by atoms with Crippen LogP contribution in [-0.2, 0) is 0 Å². The number of hydrogen-bond donors (Lipinski definition) is 2. The minimum Gasteiger partial charge on any atom is -0.478 e. The average Bonchev–Trinajstić information content (AvgIpc) is 2.53. The molecule has 0 aromatic heterocycles. The van der Waals surface area contributed by atoms with Gasteiger partial charge in [0, 0.05) is 5.56 Å². The van der Waals surface area contributed by atoms with Gasteiger partial charge < -0.3 is 10.2 Å². The van der Waals surface area contributed by atoms with Gasteiger partial charge in [0.2, 0.25) is 0 Å². The van der Waals surface area contributed by atoms with Gasteiger partial charge in [-0.25, -0.2) is 9.59 Å². The summed E-state index contributed by atoms with van der Waals surface area (Å²) in [5.74, 6) is -2.32. The van der Waals surface area contributed by atoms with E-state index in [1.54, 1.807) is 18.2 Å². The van der Waals surface area contributed by atoms with Gasteiger partial charge in [-0.05, 0) is 35.9 Å². The molecule has 2 aromatic rings. The van der Waals surface area contributed by atoms with Crippen LogP contribution in [0.25, 0.3) is 6.08 Å². The van der Waals surface area contributed by atoms with E-state index in [4.69, 9.17) is 10.2 Å². The number of carboxylic acid groups (broad SMARTS) is 2. The van der Waals surface area contributed by atoms with Crippen LogP contribution in [0, 0.1) is 0 Å². The summed E-state index contributed by atoms with van der Waals surface area (Å²) in [5.41, 5.74) is 1.36. The summed E-state index contributed by atoms with van der Waals surface area (Å²) in [4.78, 5) is 33.4. The van der Waals surface area contributed by atoms with Crippen molar-refractivity contribution in [2.75, 3.05) is 0 Å². The molecule has 0 saturated heterocycles. The van der Waals surface area contributed by atoms with Crippen molar-refractivity contribution in [2.45, 2.75) is 0 Å². The molecule has 0 aliphatic rings. The quantitative estimate of drug-likeness (QED) is 0.343. The van der Waals surface area contributed by atoms with E-state index >= 15 is 0 Å². The zero-order valence-electron chi connectivity index (χ0n) is 13.4. The van der Waals surface area contributed by atoms with Crippen molar-refractivity contribution >= 4 is 23.8 Å². The molecule has 5 nitrogen and oxygen atoms in total. The predicted octanol–water partition coefficient (Wildman–Crippen LogP) is -3.01. The van der Waals surface area contributed by atoms with Crippen molar-refractivity contribution in [3.05, 3.63) is 76.9 Å². The number of carbonyl (C=O) groups is 3. The van der Waals surface area contributed by atoms with Crippen LogP contribution in [0.15, 0.2) is 54.6 Å². The Morgan fingerprint density at radius 1 is 0.667 bits per heavy atom. The van der Waals surface area contributed by atoms with Gasteiger partial charge in [-0.1, -0.05) is 30.3 Å². The van der Waals surface area contributed by atoms with Crippen LogP contribution in [-0.4, -0.2) is 27.9 Å². The molecular weight excluding hydrogens is 330 g/mol. The van der Waals surface area contributed by atoms with Crippen molar-refractivity contribution in [3.8, 4) is 0 Å². The van der Waals surface area contributed by atoms with Crippen molar-refractivity contribution < 1.29 is 83.7 Å². The number of benzene rings is 2. The van der Waals surface area contributed by atoms with Gasteiger partial charge in [-0.2, -0.15) is 0 Å². The molecule has 110 valence electrons. The molecule has 2 rings (SSSR count). The maximum Gasteiger partial charge on any atom is 1.00 e. The molecule has 0 heterocycles. The van der Waals surface area contributed by atoms with E-state index in [0.29, 0.717) is 11.1 Å². The van der Waals surface area contributed by atoms with E-state index in [1.807, 2.05) is 0 Å². The predicted molar refractivity (Wildman–Crippen MR) is 80.2 cm³/mol. The summed E-state index contributed by atoms with van der Waals surface area (Å²) in [6.45, 7) is 0. The fourth-order valence-corrected chi connectivity index (χ4v) is 1.78. The molecule has 2 aromatic carbocycles. The standard InChI is InChI=1S/C17H12O5.2Na/c18-15(12-6-8-14(9-7-12)17(21)22)10-3-11-1-4-13(5-2-11)16(19)20;;/h1-10H,(H,19,20)(H,21,22);;/q;2*+1/b10-3+;;. The molecule has 0 aliphatic carbocycles. The third-order valence-corrected chi connectivity index (χ3v) is 3.00. The van der Waals surface area contributed by atoms with Crippen molar-refractivity contribution in [3.63, 3.8) is 0 Å². The van der Waals surface area contributed by atoms with Crippen LogP contribution in [0.5, 0.6) is 0 Å². The Hall–Kier alpha value is -1.21. The number of aromatic carboxylic acids is 2. The fraction of sp³-hybridized carbons (Fsp3) is 0. The number of ketones is 1. The second-order valence-electron chi connectivity index (χ2n) is 4.51. The molecule has 0 radical (unpaired) electrons. The summed E-state index contributed by atoms with van der Waals surface area (Å²) in [5, 5.41) is 17.6. The first-order valence-corrected chi connectivity index (χ1v) is 6.36. The van der Waals surface area contributed by atoms with E-state index in [1.165, 1.54) is 42.5 Å². The van der Waals surface area contributed by atoms with Gasteiger partial charge >= 0.3 is 71.1 Å². The average molecular weight is 342 g/mol. The monoisotopic (exact) mass is 342 g/mol. The molecule has 24 heavy (non-hydrogen) atoms. The topological polar surface area (TPSA) is 91.7 Å². The summed E-state index contributed by atoms with van der Waals surface area (Å²) in [6, 6.07) is 11.7. The Morgan fingerprint density at radius 2 is 1.04 bits per heavy atom. The Labute approximate surface area is 183 Å². The van der Waals surface area contributed by atoms with Crippen LogP contribution < -0.4 is 59.1 Å². The second-order valence-corrected chi connectivity index (χ2v) is 4.51. The summed E-state index contributed by atoms with van der Waals surface area (Å²) in [6.07, 6.45) is 2.92. The zero-order chi connectivity index (χ0) is 16.1. The minimum atomic E-state index is -1.05. The molecule has 2 N–H and O–H groups in total. The summed E-state index contributed by atoms with van der Waals surface area (Å²) < 4.78 is 0. The number of rotatable bonds is 5. The molecule has 0 saturated carbocycles. The van der Waals surface area contributed by atoms with E-state index in [-0.39, 0.29) is 76.0 Å². The fourth-order valence-electron chi connectivity index (χ4n) is 1.78. The van der Waals surface area contributed by atoms with E-state index in [9.17, 15) is 14.4 Å². The minimum absolute atomic E-state index is 0. The molecule has 0 amide bonds. The molecular formula is C17H12Na2O5+2. The SMILES string of the molecule is O=C(O)c1ccc(/C=C/C(=O)c2ccc(C(=O)O)cc2)cc1.[Na+].[Na+]. The Kier molecular flexibility index (Phi) is 10.1. The van der Waals surface area contributed by atoms with Crippen molar-refractivity contribution in [1.82, 2.24) is 0 Å². The van der Waals surface area contributed by atoms with Gasteiger partial charge in [0.05, 0.1) is 11.1 Å². The number of carboxylic acids is 2. The molecule has 0 unspecified atom stereocenters. The van der Waals surface area contributed by atoms with Crippen LogP contribution in [0.2, 0.25) is 0 Å². The third kappa shape index (κ3) is 6.36. The van der Waals surface area contributed by atoms with E-state index in [2.05, 4.69) is 0 Å². The van der Waals surface area contributed by atoms with E-state index < -0.39 is 11.9 Å². The largest absolute Gasteiger partial charge is 1.00 e. The van der Waals surface area contributed by atoms with Crippen molar-refractivity contribution in [1.29, 1.82) is 0 Å². The summed E-state index contributed by atoms with van der Waals surface area (Å²) in [7, 11) is 0. The van der Waals surface area contributed by atoms with E-state index in [0.717, 1.165) is 0 Å². The maximum atomic E-state index is 11.9. The van der Waals surface area contributed by atoms with Crippen LogP contribution in [0.3, 0.4) is 0 Å². The van der Waals surface area contributed by atoms with Gasteiger partial charge in [0.25, 0.3) is 0 Å². The first kappa shape index (κ1) is 22.8. The smallest absolute Gasteiger partial charge is 0.478 e. The zero-order valence-corrected chi connectivity index (χ0v) is 17.4. The molecule has 0 spiro atoms. The Morgan fingerprint density at radius 3 is 1.46 bits per heavy atom. The number of hydrogen-bond acceptors (Lipinski definition) is 3. The van der Waals surface area contributed by atoms with Gasteiger partial charge in [-0.3, -0.25) is 4.79 Å². The maximum absolute atomic E-state index is 11.9. The van der Waals surface area contributed by atoms with Gasteiger partial charge in [0.1, 0.15) is 0 Å². The molecule has 0 atom stereocenters. The molecule has 0 aliphatic heterocycles. The Balaban J connectivity index is 0.00000264. The normalized spacial score (nSPS) is 9.67. The molecule has 7 heteroatoms. The van der Waals surface area contributed by atoms with Gasteiger partial charge in [0.15, 0.2) is 5.78 Å². The third-order valence-electron chi connectivity index (χ3n) is 3.00. The van der Waals surface area contributed by atoms with Crippen molar-refractivity contribution in [2.24, 2.45) is 0 Å². The molecule has 0 bridgehead atoms. The van der Waals surface area contributed by atoms with Crippen LogP contribution >= 0.6 is 0 Å². The number of allylic oxidation sites excluding steroid dienone is 1.